The largest absolute Gasteiger partial charge is 0.270 e. The van der Waals surface area contributed by atoms with Gasteiger partial charge in [0.1, 0.15) is 0 Å². The van der Waals surface area contributed by atoms with E-state index in [-0.39, 0.29) is 0 Å². The molecule has 0 aliphatic rings. The van der Waals surface area contributed by atoms with E-state index < -0.39 is 0 Å². The highest BCUT2D eigenvalue weighted by molar-refractivity contribution is 9.10. The Morgan fingerprint density at radius 2 is 2.13 bits per heavy atom. The van der Waals surface area contributed by atoms with E-state index in [9.17, 15) is 0 Å². The first-order chi connectivity index (χ1) is 7.16. The van der Waals surface area contributed by atoms with Crippen LogP contribution in [0.5, 0.6) is 0 Å². The van der Waals surface area contributed by atoms with Crippen molar-refractivity contribution in [3.8, 4) is 0 Å². The maximum atomic E-state index is 4.38. The summed E-state index contributed by atoms with van der Waals surface area (Å²) >= 11 is 5.58. The number of rotatable bonds is 6. The quantitative estimate of drug-likeness (QED) is 0.739. The average molecular weight is 291 g/mol. The standard InChI is InChI=1S/C11H19BrN2S/c1-4-5-6-7-15-8-10-11(12)9(2)13-14(10)3/h4-8H2,1-3H3. The van der Waals surface area contributed by atoms with Crippen molar-refractivity contribution in [2.75, 3.05) is 5.75 Å². The lowest BCUT2D eigenvalue weighted by molar-refractivity contribution is 0.726. The van der Waals surface area contributed by atoms with Crippen molar-refractivity contribution < 1.29 is 0 Å². The van der Waals surface area contributed by atoms with Gasteiger partial charge in [0.25, 0.3) is 0 Å². The third-order valence-corrected chi connectivity index (χ3v) is 4.48. The predicted octanol–water partition coefficient (Wildman–Crippen LogP) is 3.91. The van der Waals surface area contributed by atoms with Crippen LogP contribution >= 0.6 is 27.7 Å². The highest BCUT2D eigenvalue weighted by Gasteiger charge is 2.09. The minimum atomic E-state index is 1.06. The zero-order chi connectivity index (χ0) is 11.3. The van der Waals surface area contributed by atoms with Gasteiger partial charge in [-0.15, -0.1) is 0 Å². The van der Waals surface area contributed by atoms with Gasteiger partial charge in [-0.05, 0) is 35.0 Å². The van der Waals surface area contributed by atoms with Crippen LogP contribution in [0.4, 0.5) is 0 Å². The highest BCUT2D eigenvalue weighted by atomic mass is 79.9. The van der Waals surface area contributed by atoms with Crippen LogP contribution in [0.1, 0.15) is 37.6 Å². The fourth-order valence-electron chi connectivity index (χ4n) is 1.46. The number of aromatic nitrogens is 2. The summed E-state index contributed by atoms with van der Waals surface area (Å²) in [7, 11) is 2.01. The summed E-state index contributed by atoms with van der Waals surface area (Å²) in [6.07, 6.45) is 3.98. The number of hydrogen-bond donors (Lipinski definition) is 0. The Bertz CT molecular complexity index is 310. The molecule has 4 heteroatoms. The van der Waals surface area contributed by atoms with Crippen LogP contribution in [0.3, 0.4) is 0 Å². The molecule has 0 bridgehead atoms. The zero-order valence-corrected chi connectivity index (χ0v) is 12.1. The van der Waals surface area contributed by atoms with Gasteiger partial charge in [-0.2, -0.15) is 16.9 Å². The van der Waals surface area contributed by atoms with Crippen molar-refractivity contribution in [3.63, 3.8) is 0 Å². The summed E-state index contributed by atoms with van der Waals surface area (Å²) in [4.78, 5) is 0. The van der Waals surface area contributed by atoms with E-state index in [0.29, 0.717) is 0 Å². The maximum absolute atomic E-state index is 4.38. The van der Waals surface area contributed by atoms with Gasteiger partial charge in [-0.3, -0.25) is 4.68 Å². The molecule has 15 heavy (non-hydrogen) atoms. The van der Waals surface area contributed by atoms with Crippen LogP contribution in [0.2, 0.25) is 0 Å². The number of nitrogens with zero attached hydrogens (tertiary/aromatic N) is 2. The number of unbranched alkanes of at least 4 members (excludes halogenated alkanes) is 2. The first-order valence-electron chi connectivity index (χ1n) is 5.42. The molecule has 1 aromatic heterocycles. The van der Waals surface area contributed by atoms with E-state index in [2.05, 4.69) is 28.0 Å². The summed E-state index contributed by atoms with van der Waals surface area (Å²) < 4.78 is 3.15. The Morgan fingerprint density at radius 3 is 2.67 bits per heavy atom. The first-order valence-corrected chi connectivity index (χ1v) is 7.37. The Labute approximate surface area is 105 Å². The second-order valence-corrected chi connectivity index (χ2v) is 5.63. The number of hydrogen-bond acceptors (Lipinski definition) is 2. The molecule has 0 fully saturated rings. The van der Waals surface area contributed by atoms with E-state index in [0.717, 1.165) is 11.4 Å². The van der Waals surface area contributed by atoms with Gasteiger partial charge in [-0.1, -0.05) is 19.8 Å². The molecule has 2 nitrogen and oxygen atoms in total. The van der Waals surface area contributed by atoms with Crippen molar-refractivity contribution >= 4 is 27.7 Å². The average Bonchev–Trinajstić information content (AvgIpc) is 2.44. The van der Waals surface area contributed by atoms with Crippen molar-refractivity contribution in [2.45, 2.75) is 38.9 Å². The molecule has 1 heterocycles. The minimum absolute atomic E-state index is 1.06. The van der Waals surface area contributed by atoms with E-state index in [1.54, 1.807) is 0 Å². The van der Waals surface area contributed by atoms with E-state index in [1.807, 2.05) is 30.4 Å². The number of halogens is 1. The molecule has 1 rings (SSSR count). The topological polar surface area (TPSA) is 17.8 Å². The summed E-state index contributed by atoms with van der Waals surface area (Å²) in [6.45, 7) is 4.28. The number of aryl methyl sites for hydroxylation is 2. The third kappa shape index (κ3) is 3.83. The molecule has 0 saturated heterocycles. The lowest BCUT2D eigenvalue weighted by Crippen LogP contribution is -1.97. The summed E-state index contributed by atoms with van der Waals surface area (Å²) in [5, 5.41) is 4.38. The SMILES string of the molecule is CCCCCSCc1c(Br)c(C)nn1C. The second-order valence-electron chi connectivity index (χ2n) is 3.73. The van der Waals surface area contributed by atoms with Gasteiger partial charge >= 0.3 is 0 Å². The van der Waals surface area contributed by atoms with Crippen LogP contribution in [0, 0.1) is 6.92 Å². The molecule has 0 atom stereocenters. The van der Waals surface area contributed by atoms with E-state index in [1.165, 1.54) is 35.2 Å². The predicted molar refractivity (Wildman–Crippen MR) is 71.3 cm³/mol. The van der Waals surface area contributed by atoms with Crippen LogP contribution in [0.25, 0.3) is 0 Å². The van der Waals surface area contributed by atoms with Crippen molar-refractivity contribution in [1.29, 1.82) is 0 Å². The molecule has 0 saturated carbocycles. The molecule has 0 aliphatic heterocycles. The fraction of sp³-hybridized carbons (Fsp3) is 0.727. The van der Waals surface area contributed by atoms with Crippen molar-refractivity contribution in [1.82, 2.24) is 9.78 Å². The molecular formula is C11H19BrN2S. The summed E-state index contributed by atoms with van der Waals surface area (Å²) in [5.41, 5.74) is 2.38. The Balaban J connectivity index is 2.37. The van der Waals surface area contributed by atoms with Gasteiger partial charge in [0.05, 0.1) is 15.9 Å². The van der Waals surface area contributed by atoms with E-state index in [4.69, 9.17) is 0 Å². The molecule has 1 aromatic rings. The molecule has 0 spiro atoms. The van der Waals surface area contributed by atoms with E-state index >= 15 is 0 Å². The van der Waals surface area contributed by atoms with Gasteiger partial charge in [-0.25, -0.2) is 0 Å². The smallest absolute Gasteiger partial charge is 0.0738 e. The summed E-state index contributed by atoms with van der Waals surface area (Å²) in [5.74, 6) is 2.31. The molecule has 0 aliphatic carbocycles. The van der Waals surface area contributed by atoms with Gasteiger partial charge in [0.2, 0.25) is 0 Å². The maximum Gasteiger partial charge on any atom is 0.0738 e. The lowest BCUT2D eigenvalue weighted by Gasteiger charge is -2.02. The fourth-order valence-corrected chi connectivity index (χ4v) is 3.20. The first kappa shape index (κ1) is 13.1. The van der Waals surface area contributed by atoms with Crippen molar-refractivity contribution in [2.24, 2.45) is 7.05 Å². The lowest BCUT2D eigenvalue weighted by atomic mass is 10.3. The Hall–Kier alpha value is 0.0400. The zero-order valence-electron chi connectivity index (χ0n) is 9.72. The molecule has 0 N–H and O–H groups in total. The summed E-state index contributed by atoms with van der Waals surface area (Å²) in [6, 6.07) is 0. The highest BCUT2D eigenvalue weighted by Crippen LogP contribution is 2.24. The minimum Gasteiger partial charge on any atom is -0.270 e. The molecule has 0 unspecified atom stereocenters. The van der Waals surface area contributed by atoms with Gasteiger partial charge < -0.3 is 0 Å². The molecular weight excluding hydrogens is 272 g/mol. The van der Waals surface area contributed by atoms with Gasteiger partial charge in [0, 0.05) is 12.8 Å². The van der Waals surface area contributed by atoms with Crippen molar-refractivity contribution in [3.05, 3.63) is 15.9 Å². The molecule has 0 aromatic carbocycles. The Morgan fingerprint density at radius 1 is 1.40 bits per heavy atom. The van der Waals surface area contributed by atoms with Gasteiger partial charge in [0.15, 0.2) is 0 Å². The number of thioether (sulfide) groups is 1. The Kier molecular flexibility index (Phi) is 5.75. The molecule has 0 amide bonds. The van der Waals surface area contributed by atoms with Crippen LogP contribution in [0.15, 0.2) is 4.47 Å². The van der Waals surface area contributed by atoms with Crippen LogP contribution in [-0.2, 0) is 12.8 Å². The normalized spacial score (nSPS) is 10.9. The monoisotopic (exact) mass is 290 g/mol. The second kappa shape index (κ2) is 6.59. The van der Waals surface area contributed by atoms with Crippen LogP contribution < -0.4 is 0 Å². The molecule has 0 radical (unpaired) electrons. The third-order valence-electron chi connectivity index (χ3n) is 2.39. The van der Waals surface area contributed by atoms with Crippen LogP contribution in [-0.4, -0.2) is 15.5 Å². The molecule has 86 valence electrons.